The Kier molecular flexibility index (Phi) is 3.16. The third kappa shape index (κ3) is 2.54. The topological polar surface area (TPSA) is 121 Å². The Balaban J connectivity index is 1.61. The Bertz CT molecular complexity index is 1080. The van der Waals surface area contributed by atoms with Crippen LogP contribution in [-0.4, -0.2) is 36.1 Å². The molecule has 0 spiro atoms. The number of nitrogens with zero attached hydrogens (tertiary/aromatic N) is 4. The van der Waals surface area contributed by atoms with E-state index < -0.39 is 0 Å². The zero-order valence-electron chi connectivity index (χ0n) is 12.2. The number of amides is 1. The zero-order chi connectivity index (χ0) is 16.5. The smallest absolute Gasteiger partial charge is 0.322 e. The summed E-state index contributed by atoms with van der Waals surface area (Å²) in [5, 5.41) is 13.7. The van der Waals surface area contributed by atoms with E-state index in [1.807, 2.05) is 0 Å². The van der Waals surface area contributed by atoms with Crippen LogP contribution in [0.3, 0.4) is 0 Å². The van der Waals surface area contributed by atoms with Crippen LogP contribution in [0.4, 0.5) is 5.69 Å². The second kappa shape index (κ2) is 5.47. The molecule has 0 fully saturated rings. The number of fused-ring (bicyclic) bond motifs is 1. The number of carbonyl (C=O) groups excluding carboxylic acids is 1. The van der Waals surface area contributed by atoms with Gasteiger partial charge in [-0.2, -0.15) is 0 Å². The first kappa shape index (κ1) is 13.9. The number of H-pyrrole nitrogens is 2. The van der Waals surface area contributed by atoms with Crippen molar-refractivity contribution in [1.29, 1.82) is 0 Å². The molecule has 3 N–H and O–H groups in total. The van der Waals surface area contributed by atoms with Crippen molar-refractivity contribution in [1.82, 2.24) is 30.2 Å². The lowest BCUT2D eigenvalue weighted by atomic mass is 10.2. The molecule has 0 saturated heterocycles. The maximum absolute atomic E-state index is 12.4. The molecule has 2 aromatic heterocycles. The zero-order valence-corrected chi connectivity index (χ0v) is 12.2. The minimum Gasteiger partial charge on any atom is -0.322 e. The number of nitrogens with one attached hydrogen (secondary N) is 3. The van der Waals surface area contributed by atoms with Crippen molar-refractivity contribution >= 4 is 22.6 Å². The van der Waals surface area contributed by atoms with Crippen molar-refractivity contribution in [3.05, 3.63) is 64.8 Å². The van der Waals surface area contributed by atoms with Gasteiger partial charge in [-0.05, 0) is 46.8 Å². The van der Waals surface area contributed by atoms with Gasteiger partial charge in [-0.25, -0.2) is 9.48 Å². The summed E-state index contributed by atoms with van der Waals surface area (Å²) in [6.45, 7) is 0. The number of hydrogen-bond donors (Lipinski definition) is 3. The minimum absolute atomic E-state index is 0.276. The lowest BCUT2D eigenvalue weighted by molar-refractivity contribution is 0.102. The molecule has 2 heterocycles. The molecule has 0 radical (unpaired) electrons. The van der Waals surface area contributed by atoms with E-state index in [4.69, 9.17) is 0 Å². The molecule has 2 aromatic carbocycles. The normalized spacial score (nSPS) is 10.8. The van der Waals surface area contributed by atoms with Crippen molar-refractivity contribution in [2.75, 3.05) is 5.32 Å². The van der Waals surface area contributed by atoms with E-state index in [-0.39, 0.29) is 11.6 Å². The summed E-state index contributed by atoms with van der Waals surface area (Å²) < 4.78 is 1.47. The van der Waals surface area contributed by atoms with Crippen molar-refractivity contribution < 1.29 is 4.79 Å². The van der Waals surface area contributed by atoms with Crippen molar-refractivity contribution in [3.63, 3.8) is 0 Å². The van der Waals surface area contributed by atoms with E-state index in [1.54, 1.807) is 42.5 Å². The minimum atomic E-state index is -0.289. The number of carbonyl (C=O) groups is 1. The fourth-order valence-corrected chi connectivity index (χ4v) is 2.38. The molecule has 0 aliphatic heterocycles. The molecule has 0 aliphatic carbocycles. The van der Waals surface area contributed by atoms with Gasteiger partial charge in [0.2, 0.25) is 0 Å². The first-order chi connectivity index (χ1) is 11.7. The molecule has 9 heteroatoms. The molecule has 9 nitrogen and oxygen atoms in total. The maximum atomic E-state index is 12.4. The fourth-order valence-electron chi connectivity index (χ4n) is 2.38. The van der Waals surface area contributed by atoms with E-state index >= 15 is 0 Å². The van der Waals surface area contributed by atoms with Crippen molar-refractivity contribution in [2.24, 2.45) is 0 Å². The van der Waals surface area contributed by atoms with Crippen LogP contribution < -0.4 is 11.0 Å². The lowest BCUT2D eigenvalue weighted by Gasteiger charge is -2.07. The molecule has 1 amide bonds. The molecule has 4 aromatic rings. The van der Waals surface area contributed by atoms with Crippen molar-refractivity contribution in [3.8, 4) is 5.69 Å². The van der Waals surface area contributed by atoms with Gasteiger partial charge in [-0.3, -0.25) is 4.79 Å². The van der Waals surface area contributed by atoms with Gasteiger partial charge >= 0.3 is 5.69 Å². The van der Waals surface area contributed by atoms with E-state index in [2.05, 4.69) is 30.8 Å². The molecule has 118 valence electrons. The highest BCUT2D eigenvalue weighted by Crippen LogP contribution is 2.16. The number of aromatic amines is 2. The van der Waals surface area contributed by atoms with Gasteiger partial charge in [0.05, 0.1) is 16.7 Å². The SMILES string of the molecule is O=C(Nc1ccc2[nH]c(=O)[nH]c2c1)c1cccc(-n2cnnn2)c1. The lowest BCUT2D eigenvalue weighted by Crippen LogP contribution is -2.12. The second-order valence-electron chi connectivity index (χ2n) is 5.10. The Morgan fingerprint density at radius 1 is 1.08 bits per heavy atom. The van der Waals surface area contributed by atoms with Gasteiger partial charge in [-0.1, -0.05) is 6.07 Å². The molecule has 0 saturated carbocycles. The quantitative estimate of drug-likeness (QED) is 0.521. The third-order valence-corrected chi connectivity index (χ3v) is 3.50. The summed E-state index contributed by atoms with van der Waals surface area (Å²) in [4.78, 5) is 29.0. The van der Waals surface area contributed by atoms with E-state index in [9.17, 15) is 9.59 Å². The molecular formula is C15H11N7O2. The monoisotopic (exact) mass is 321 g/mol. The number of rotatable bonds is 3. The largest absolute Gasteiger partial charge is 0.323 e. The van der Waals surface area contributed by atoms with Gasteiger partial charge in [0.1, 0.15) is 6.33 Å². The maximum Gasteiger partial charge on any atom is 0.323 e. The highest BCUT2D eigenvalue weighted by Gasteiger charge is 2.09. The average molecular weight is 321 g/mol. The van der Waals surface area contributed by atoms with Crippen LogP contribution >= 0.6 is 0 Å². The Hall–Kier alpha value is -3.75. The molecule has 0 atom stereocenters. The molecule has 0 bridgehead atoms. The van der Waals surface area contributed by atoms with E-state index in [0.29, 0.717) is 28.0 Å². The molecule has 0 aliphatic rings. The van der Waals surface area contributed by atoms with Gasteiger partial charge < -0.3 is 15.3 Å². The Labute approximate surface area is 134 Å². The first-order valence-electron chi connectivity index (χ1n) is 7.06. The number of hydrogen-bond acceptors (Lipinski definition) is 5. The Morgan fingerprint density at radius 3 is 2.79 bits per heavy atom. The van der Waals surface area contributed by atoms with Crippen LogP contribution in [0.15, 0.2) is 53.6 Å². The third-order valence-electron chi connectivity index (χ3n) is 3.50. The van der Waals surface area contributed by atoms with Gasteiger partial charge in [-0.15, -0.1) is 5.10 Å². The molecular weight excluding hydrogens is 310 g/mol. The van der Waals surface area contributed by atoms with Gasteiger partial charge in [0, 0.05) is 11.3 Å². The molecule has 0 unspecified atom stereocenters. The average Bonchev–Trinajstić information content (AvgIpc) is 3.23. The van der Waals surface area contributed by atoms with Crippen LogP contribution in [0.1, 0.15) is 10.4 Å². The summed E-state index contributed by atoms with van der Waals surface area (Å²) in [6.07, 6.45) is 1.45. The Morgan fingerprint density at radius 2 is 1.96 bits per heavy atom. The fraction of sp³-hybridized carbons (Fsp3) is 0. The predicted octanol–water partition coefficient (Wildman–Crippen LogP) is 1.08. The highest BCUT2D eigenvalue weighted by atomic mass is 16.2. The van der Waals surface area contributed by atoms with Crippen molar-refractivity contribution in [2.45, 2.75) is 0 Å². The summed E-state index contributed by atoms with van der Waals surface area (Å²) in [5.74, 6) is -0.276. The number of benzene rings is 2. The molecule has 4 rings (SSSR count). The van der Waals surface area contributed by atoms with Gasteiger partial charge in [0.25, 0.3) is 5.91 Å². The first-order valence-corrected chi connectivity index (χ1v) is 7.06. The second-order valence-corrected chi connectivity index (χ2v) is 5.10. The number of aromatic nitrogens is 6. The van der Waals surface area contributed by atoms with E-state index in [0.717, 1.165) is 0 Å². The van der Waals surface area contributed by atoms with Crippen LogP contribution in [0.5, 0.6) is 0 Å². The standard InChI is InChI=1S/C15H11N7O2/c23-14(9-2-1-3-11(6-9)22-8-16-20-21-22)17-10-4-5-12-13(7-10)19-15(24)18-12/h1-8H,(H,17,23)(H2,18,19,24). The summed E-state index contributed by atoms with van der Waals surface area (Å²) in [7, 11) is 0. The van der Waals surface area contributed by atoms with E-state index in [1.165, 1.54) is 11.0 Å². The molecule has 24 heavy (non-hydrogen) atoms. The highest BCUT2D eigenvalue weighted by molar-refractivity contribution is 6.05. The van der Waals surface area contributed by atoms with Gasteiger partial charge in [0.15, 0.2) is 0 Å². The number of tetrazole rings is 1. The predicted molar refractivity (Wildman–Crippen MR) is 86.0 cm³/mol. The number of anilines is 1. The summed E-state index contributed by atoms with van der Waals surface area (Å²) >= 11 is 0. The summed E-state index contributed by atoms with van der Waals surface area (Å²) in [5.41, 5.74) is 2.74. The van der Waals surface area contributed by atoms with Crippen LogP contribution in [0, 0.1) is 0 Å². The number of imidazole rings is 1. The summed E-state index contributed by atoms with van der Waals surface area (Å²) in [6, 6.07) is 12.1. The van der Waals surface area contributed by atoms with Crippen LogP contribution in [0.2, 0.25) is 0 Å². The van der Waals surface area contributed by atoms with Crippen LogP contribution in [-0.2, 0) is 0 Å². The van der Waals surface area contributed by atoms with Crippen LogP contribution in [0.25, 0.3) is 16.7 Å².